The van der Waals surface area contributed by atoms with Crippen molar-refractivity contribution in [2.24, 2.45) is 11.5 Å². The normalized spacial score (nSPS) is 15.2. The van der Waals surface area contributed by atoms with E-state index in [4.69, 9.17) is 21.7 Å². The smallest absolute Gasteiger partial charge is 0.325 e. The van der Waals surface area contributed by atoms with Crippen LogP contribution in [0.2, 0.25) is 0 Å². The van der Waals surface area contributed by atoms with Crippen molar-refractivity contribution < 1.29 is 39.3 Å². The van der Waals surface area contributed by atoms with E-state index in [1.54, 1.807) is 0 Å². The average Bonchev–Trinajstić information content (AvgIpc) is 2.55. The Kier molecular flexibility index (Phi) is 11.0. The molecule has 27 heavy (non-hydrogen) atoms. The standard InChI is InChI=1S/C14H24N4O8S/c1-6(12(21)22)17-11(20)9(5-27-4-7(15)13(23)24)18-8(14(25)26)2-3-10(16)19/h6-9,18H,2-5,15H2,1H3,(H2,16,19)(H,17,20)(H,21,22)(H,23,24)(H,25,26)/t6-,7+,8-,9-/m1/s1. The van der Waals surface area contributed by atoms with Crippen LogP contribution in [0, 0.1) is 0 Å². The van der Waals surface area contributed by atoms with Crippen LogP contribution in [-0.4, -0.2) is 80.7 Å². The Balaban J connectivity index is 5.09. The molecule has 0 spiro atoms. The quantitative estimate of drug-likeness (QED) is 0.158. The summed E-state index contributed by atoms with van der Waals surface area (Å²) >= 11 is 0.979. The molecule has 13 heteroatoms. The van der Waals surface area contributed by atoms with Gasteiger partial charge in [-0.3, -0.25) is 29.3 Å². The molecule has 12 nitrogen and oxygen atoms in total. The highest BCUT2D eigenvalue weighted by Gasteiger charge is 2.28. The van der Waals surface area contributed by atoms with Crippen molar-refractivity contribution in [1.29, 1.82) is 0 Å². The minimum atomic E-state index is -1.33. The number of carboxylic acid groups (broad SMARTS) is 3. The number of carboxylic acids is 3. The minimum Gasteiger partial charge on any atom is -0.480 e. The van der Waals surface area contributed by atoms with Gasteiger partial charge >= 0.3 is 17.9 Å². The average molecular weight is 408 g/mol. The molecular formula is C14H24N4O8S. The van der Waals surface area contributed by atoms with Crippen LogP contribution in [0.1, 0.15) is 19.8 Å². The maximum absolute atomic E-state index is 12.3. The number of carbonyl (C=O) groups is 5. The summed E-state index contributed by atoms with van der Waals surface area (Å²) in [6, 6.07) is -4.85. The van der Waals surface area contributed by atoms with Crippen molar-refractivity contribution in [3.63, 3.8) is 0 Å². The first kappa shape index (κ1) is 24.6. The monoisotopic (exact) mass is 408 g/mol. The Morgan fingerprint density at radius 2 is 1.56 bits per heavy atom. The highest BCUT2D eigenvalue weighted by atomic mass is 32.2. The molecule has 4 atom stereocenters. The zero-order chi connectivity index (χ0) is 21.1. The first-order chi connectivity index (χ1) is 12.5. The lowest BCUT2D eigenvalue weighted by Gasteiger charge is -2.23. The number of hydrogen-bond donors (Lipinski definition) is 7. The SMILES string of the molecule is C[C@@H](NC(=O)[C@@H](CSC[C@H](N)C(=O)O)N[C@H](CCC(N)=O)C(=O)O)C(=O)O. The Morgan fingerprint density at radius 3 is 2.00 bits per heavy atom. The molecule has 0 aromatic carbocycles. The lowest BCUT2D eigenvalue weighted by molar-refractivity contribution is -0.142. The van der Waals surface area contributed by atoms with Crippen LogP contribution in [0.5, 0.6) is 0 Å². The first-order valence-corrected chi connectivity index (χ1v) is 8.97. The molecule has 0 aromatic rings. The number of nitrogens with two attached hydrogens (primary N) is 2. The Bertz CT molecular complexity index is 573. The molecule has 0 saturated heterocycles. The molecule has 0 aliphatic heterocycles. The maximum Gasteiger partial charge on any atom is 0.325 e. The number of thioether (sulfide) groups is 1. The van der Waals surface area contributed by atoms with Gasteiger partial charge in [0.1, 0.15) is 18.1 Å². The molecule has 154 valence electrons. The summed E-state index contributed by atoms with van der Waals surface area (Å²) in [5.74, 6) is -5.47. The topological polar surface area (TPSA) is 222 Å². The summed E-state index contributed by atoms with van der Waals surface area (Å²) in [5.41, 5.74) is 10.4. The molecule has 0 heterocycles. The second-order valence-electron chi connectivity index (χ2n) is 5.67. The van der Waals surface area contributed by atoms with Crippen molar-refractivity contribution in [1.82, 2.24) is 10.6 Å². The Morgan fingerprint density at radius 1 is 0.963 bits per heavy atom. The second-order valence-corrected chi connectivity index (χ2v) is 6.74. The van der Waals surface area contributed by atoms with Gasteiger partial charge in [0.15, 0.2) is 0 Å². The van der Waals surface area contributed by atoms with E-state index in [1.165, 1.54) is 6.92 Å². The van der Waals surface area contributed by atoms with Crippen LogP contribution >= 0.6 is 11.8 Å². The molecule has 9 N–H and O–H groups in total. The number of carbonyl (C=O) groups excluding carboxylic acids is 2. The molecule has 0 rings (SSSR count). The van der Waals surface area contributed by atoms with Crippen molar-refractivity contribution in [3.8, 4) is 0 Å². The first-order valence-electron chi connectivity index (χ1n) is 7.82. The van der Waals surface area contributed by atoms with Gasteiger partial charge in [-0.05, 0) is 13.3 Å². The summed E-state index contributed by atoms with van der Waals surface area (Å²) in [5, 5.41) is 31.6. The molecule has 0 aliphatic carbocycles. The molecular weight excluding hydrogens is 384 g/mol. The van der Waals surface area contributed by atoms with Gasteiger partial charge in [-0.25, -0.2) is 0 Å². The maximum atomic E-state index is 12.3. The number of hydrogen-bond acceptors (Lipinski definition) is 8. The van der Waals surface area contributed by atoms with E-state index in [0.717, 1.165) is 11.8 Å². The highest BCUT2D eigenvalue weighted by molar-refractivity contribution is 7.99. The van der Waals surface area contributed by atoms with Gasteiger partial charge in [0.2, 0.25) is 11.8 Å². The van der Waals surface area contributed by atoms with Gasteiger partial charge in [0, 0.05) is 17.9 Å². The lowest BCUT2D eigenvalue weighted by atomic mass is 10.1. The van der Waals surface area contributed by atoms with Crippen LogP contribution in [0.25, 0.3) is 0 Å². The third-order valence-corrected chi connectivity index (χ3v) is 4.49. The third-order valence-electron chi connectivity index (χ3n) is 3.32. The number of primary amides is 1. The third kappa shape index (κ3) is 10.4. The van der Waals surface area contributed by atoms with Crippen LogP contribution in [-0.2, 0) is 24.0 Å². The Hall–Kier alpha value is -2.38. The van der Waals surface area contributed by atoms with Crippen molar-refractivity contribution in [2.75, 3.05) is 11.5 Å². The Labute approximate surface area is 159 Å². The number of rotatable bonds is 14. The molecule has 0 aromatic heterocycles. The predicted molar refractivity (Wildman–Crippen MR) is 95.0 cm³/mol. The van der Waals surface area contributed by atoms with Crippen LogP contribution in [0.4, 0.5) is 0 Å². The lowest BCUT2D eigenvalue weighted by Crippen LogP contribution is -2.55. The van der Waals surface area contributed by atoms with Crippen LogP contribution in [0.15, 0.2) is 0 Å². The van der Waals surface area contributed by atoms with Gasteiger partial charge in [-0.15, -0.1) is 0 Å². The van der Waals surface area contributed by atoms with Crippen molar-refractivity contribution >= 4 is 41.5 Å². The fraction of sp³-hybridized carbons (Fsp3) is 0.643. The summed E-state index contributed by atoms with van der Waals surface area (Å²) in [4.78, 5) is 56.1. The molecule has 0 saturated carbocycles. The van der Waals surface area contributed by atoms with Gasteiger partial charge in [0.25, 0.3) is 0 Å². The number of amides is 2. The number of aliphatic carboxylic acids is 3. The fourth-order valence-corrected chi connectivity index (χ4v) is 2.78. The van der Waals surface area contributed by atoms with E-state index >= 15 is 0 Å². The van der Waals surface area contributed by atoms with E-state index in [1.807, 2.05) is 0 Å². The number of nitrogens with one attached hydrogen (secondary N) is 2. The van der Waals surface area contributed by atoms with Crippen molar-refractivity contribution in [2.45, 2.75) is 43.9 Å². The molecule has 0 fully saturated rings. The van der Waals surface area contributed by atoms with Crippen LogP contribution in [0.3, 0.4) is 0 Å². The highest BCUT2D eigenvalue weighted by Crippen LogP contribution is 2.08. The minimum absolute atomic E-state index is 0.0473. The largest absolute Gasteiger partial charge is 0.480 e. The molecule has 0 radical (unpaired) electrons. The molecule has 0 bridgehead atoms. The van der Waals surface area contributed by atoms with E-state index in [9.17, 15) is 29.1 Å². The predicted octanol–water partition coefficient (Wildman–Crippen LogP) is -2.60. The molecule has 0 aliphatic rings. The second kappa shape index (κ2) is 12.1. The summed E-state index contributed by atoms with van der Waals surface area (Å²) in [6.45, 7) is 1.23. The van der Waals surface area contributed by atoms with E-state index < -0.39 is 53.9 Å². The van der Waals surface area contributed by atoms with Crippen molar-refractivity contribution in [3.05, 3.63) is 0 Å². The van der Waals surface area contributed by atoms with Crippen LogP contribution < -0.4 is 22.1 Å². The van der Waals surface area contributed by atoms with Gasteiger partial charge in [-0.1, -0.05) is 0 Å². The molecule has 0 unspecified atom stereocenters. The van der Waals surface area contributed by atoms with E-state index in [0.29, 0.717) is 0 Å². The van der Waals surface area contributed by atoms with E-state index in [2.05, 4.69) is 10.6 Å². The van der Waals surface area contributed by atoms with Gasteiger partial charge < -0.3 is 32.1 Å². The summed E-state index contributed by atoms with van der Waals surface area (Å²) < 4.78 is 0. The summed E-state index contributed by atoms with van der Waals surface area (Å²) in [6.07, 6.45) is -0.414. The van der Waals surface area contributed by atoms with Gasteiger partial charge in [0.05, 0.1) is 6.04 Å². The molecule has 2 amide bonds. The van der Waals surface area contributed by atoms with E-state index in [-0.39, 0.29) is 24.3 Å². The zero-order valence-electron chi connectivity index (χ0n) is 14.6. The summed E-state index contributed by atoms with van der Waals surface area (Å²) in [7, 11) is 0. The fourth-order valence-electron chi connectivity index (χ4n) is 1.77. The van der Waals surface area contributed by atoms with Gasteiger partial charge in [-0.2, -0.15) is 11.8 Å². The zero-order valence-corrected chi connectivity index (χ0v) is 15.4.